The minimum atomic E-state index is -0.0678. The molecule has 3 aromatic rings. The van der Waals surface area contributed by atoms with Gasteiger partial charge < -0.3 is 0 Å². The standard InChI is InChI=1S/C17H12BrN3O/c18-14-8-6-13(7-9-14)17(22)11-10-15-12-19-21(20-15)16-4-2-1-3-5-16/h1-12H/b11-10+. The van der Waals surface area contributed by atoms with E-state index in [9.17, 15) is 4.79 Å². The van der Waals surface area contributed by atoms with Crippen LogP contribution in [0.25, 0.3) is 11.8 Å². The van der Waals surface area contributed by atoms with Crippen molar-refractivity contribution in [2.75, 3.05) is 0 Å². The highest BCUT2D eigenvalue weighted by atomic mass is 79.9. The highest BCUT2D eigenvalue weighted by Gasteiger charge is 2.03. The second kappa shape index (κ2) is 6.49. The van der Waals surface area contributed by atoms with Crippen LogP contribution in [-0.4, -0.2) is 20.8 Å². The number of carbonyl (C=O) groups excluding carboxylic acids is 1. The quantitative estimate of drug-likeness (QED) is 0.527. The van der Waals surface area contributed by atoms with Gasteiger partial charge in [-0.15, -0.1) is 5.10 Å². The third kappa shape index (κ3) is 3.38. The van der Waals surface area contributed by atoms with Crippen LogP contribution in [0.5, 0.6) is 0 Å². The van der Waals surface area contributed by atoms with E-state index in [0.717, 1.165) is 10.2 Å². The van der Waals surface area contributed by atoms with Crippen LogP contribution >= 0.6 is 15.9 Å². The van der Waals surface area contributed by atoms with Gasteiger partial charge in [-0.1, -0.05) is 34.1 Å². The Morgan fingerprint density at radius 3 is 2.50 bits per heavy atom. The predicted molar refractivity (Wildman–Crippen MR) is 88.9 cm³/mol. The monoisotopic (exact) mass is 353 g/mol. The number of aromatic nitrogens is 3. The zero-order valence-electron chi connectivity index (χ0n) is 11.6. The van der Waals surface area contributed by atoms with Crippen molar-refractivity contribution in [1.29, 1.82) is 0 Å². The van der Waals surface area contributed by atoms with Crippen LogP contribution in [0, 0.1) is 0 Å². The van der Waals surface area contributed by atoms with E-state index in [-0.39, 0.29) is 5.78 Å². The molecule has 0 aliphatic carbocycles. The Labute approximate surface area is 136 Å². The van der Waals surface area contributed by atoms with Gasteiger partial charge in [-0.05, 0) is 48.6 Å². The van der Waals surface area contributed by atoms with Crippen LogP contribution in [0.15, 0.2) is 71.3 Å². The first kappa shape index (κ1) is 14.4. The molecular formula is C17H12BrN3O. The third-order valence-corrected chi connectivity index (χ3v) is 3.56. The molecule has 0 fully saturated rings. The number of halogens is 1. The summed E-state index contributed by atoms with van der Waals surface area (Å²) in [5.41, 5.74) is 2.14. The Hall–Kier alpha value is -2.53. The van der Waals surface area contributed by atoms with Gasteiger partial charge in [0.1, 0.15) is 5.69 Å². The molecule has 0 saturated heterocycles. The molecule has 0 amide bonds. The lowest BCUT2D eigenvalue weighted by Gasteiger charge is -1.96. The Bertz CT molecular complexity index is 807. The molecule has 0 atom stereocenters. The highest BCUT2D eigenvalue weighted by Crippen LogP contribution is 2.12. The average Bonchev–Trinajstić information content (AvgIpc) is 3.03. The molecule has 1 heterocycles. The van der Waals surface area contributed by atoms with Crippen molar-refractivity contribution >= 4 is 27.8 Å². The number of nitrogens with zero attached hydrogens (tertiary/aromatic N) is 3. The first-order valence-corrected chi connectivity index (χ1v) is 7.47. The molecule has 0 saturated carbocycles. The van der Waals surface area contributed by atoms with E-state index >= 15 is 0 Å². The SMILES string of the molecule is O=C(/C=C/c1cnn(-c2ccccc2)n1)c1ccc(Br)cc1. The Morgan fingerprint density at radius 1 is 1.05 bits per heavy atom. The molecule has 1 aromatic heterocycles. The summed E-state index contributed by atoms with van der Waals surface area (Å²) in [5, 5.41) is 8.50. The number of allylic oxidation sites excluding steroid dienone is 1. The van der Waals surface area contributed by atoms with E-state index < -0.39 is 0 Å². The van der Waals surface area contributed by atoms with Crippen LogP contribution < -0.4 is 0 Å². The molecule has 4 nitrogen and oxygen atoms in total. The van der Waals surface area contributed by atoms with E-state index in [1.54, 1.807) is 24.4 Å². The summed E-state index contributed by atoms with van der Waals surface area (Å²) >= 11 is 3.34. The lowest BCUT2D eigenvalue weighted by Crippen LogP contribution is -1.98. The third-order valence-electron chi connectivity index (χ3n) is 3.03. The highest BCUT2D eigenvalue weighted by molar-refractivity contribution is 9.10. The first-order chi connectivity index (χ1) is 10.7. The molecular weight excluding hydrogens is 342 g/mol. The Morgan fingerprint density at radius 2 is 1.77 bits per heavy atom. The van der Waals surface area contributed by atoms with Crippen molar-refractivity contribution in [2.24, 2.45) is 0 Å². The van der Waals surface area contributed by atoms with Crippen molar-refractivity contribution < 1.29 is 4.79 Å². The van der Waals surface area contributed by atoms with Crippen molar-refractivity contribution in [3.63, 3.8) is 0 Å². The van der Waals surface area contributed by atoms with Crippen LogP contribution in [0.3, 0.4) is 0 Å². The summed E-state index contributed by atoms with van der Waals surface area (Å²) in [7, 11) is 0. The summed E-state index contributed by atoms with van der Waals surface area (Å²) in [6.45, 7) is 0. The number of benzene rings is 2. The zero-order valence-corrected chi connectivity index (χ0v) is 13.1. The van der Waals surface area contributed by atoms with Gasteiger partial charge in [0.25, 0.3) is 0 Å². The number of rotatable bonds is 4. The van der Waals surface area contributed by atoms with Gasteiger partial charge in [0.05, 0.1) is 11.9 Å². The second-order valence-corrected chi connectivity index (χ2v) is 5.51. The molecule has 0 N–H and O–H groups in total. The maximum atomic E-state index is 12.0. The van der Waals surface area contributed by atoms with Crippen LogP contribution in [0.4, 0.5) is 0 Å². The van der Waals surface area contributed by atoms with Crippen LogP contribution in [0.1, 0.15) is 16.1 Å². The van der Waals surface area contributed by atoms with Gasteiger partial charge in [-0.2, -0.15) is 9.90 Å². The summed E-state index contributed by atoms with van der Waals surface area (Å²) in [4.78, 5) is 13.6. The minimum absolute atomic E-state index is 0.0678. The predicted octanol–water partition coefficient (Wildman–Crippen LogP) is 3.93. The molecule has 3 rings (SSSR count). The van der Waals surface area contributed by atoms with E-state index in [2.05, 4.69) is 26.1 Å². The van der Waals surface area contributed by atoms with E-state index in [1.165, 1.54) is 10.9 Å². The first-order valence-electron chi connectivity index (χ1n) is 6.68. The zero-order chi connectivity index (χ0) is 15.4. The van der Waals surface area contributed by atoms with Gasteiger partial charge in [0.2, 0.25) is 0 Å². The fourth-order valence-electron chi connectivity index (χ4n) is 1.91. The molecule has 0 aliphatic rings. The van der Waals surface area contributed by atoms with Crippen LogP contribution in [0.2, 0.25) is 0 Å². The molecule has 5 heteroatoms. The van der Waals surface area contributed by atoms with Gasteiger partial charge >= 0.3 is 0 Å². The lowest BCUT2D eigenvalue weighted by molar-refractivity contribution is 0.104. The molecule has 0 radical (unpaired) electrons. The van der Waals surface area contributed by atoms with Gasteiger partial charge in [0, 0.05) is 10.0 Å². The maximum Gasteiger partial charge on any atom is 0.185 e. The van der Waals surface area contributed by atoms with Crippen molar-refractivity contribution in [3.8, 4) is 5.69 Å². The molecule has 22 heavy (non-hydrogen) atoms. The molecule has 0 bridgehead atoms. The molecule has 108 valence electrons. The summed E-state index contributed by atoms with van der Waals surface area (Å²) in [5.74, 6) is -0.0678. The Kier molecular flexibility index (Phi) is 4.25. The molecule has 0 aliphatic heterocycles. The van der Waals surface area contributed by atoms with Gasteiger partial charge in [-0.25, -0.2) is 0 Å². The normalized spacial score (nSPS) is 11.0. The number of ketones is 1. The second-order valence-electron chi connectivity index (χ2n) is 4.60. The van der Waals surface area contributed by atoms with E-state index in [1.807, 2.05) is 42.5 Å². The number of hydrogen-bond acceptors (Lipinski definition) is 3. The fraction of sp³-hybridized carbons (Fsp3) is 0. The fourth-order valence-corrected chi connectivity index (χ4v) is 2.17. The molecule has 2 aromatic carbocycles. The van der Waals surface area contributed by atoms with Crippen molar-refractivity contribution in [1.82, 2.24) is 15.0 Å². The van der Waals surface area contributed by atoms with E-state index in [0.29, 0.717) is 11.3 Å². The Balaban J connectivity index is 1.75. The molecule has 0 spiro atoms. The summed E-state index contributed by atoms with van der Waals surface area (Å²) in [6.07, 6.45) is 4.79. The topological polar surface area (TPSA) is 47.8 Å². The van der Waals surface area contributed by atoms with Crippen molar-refractivity contribution in [2.45, 2.75) is 0 Å². The van der Waals surface area contributed by atoms with Crippen LogP contribution in [-0.2, 0) is 0 Å². The number of para-hydroxylation sites is 1. The maximum absolute atomic E-state index is 12.0. The van der Waals surface area contributed by atoms with Gasteiger partial charge in [-0.3, -0.25) is 4.79 Å². The van der Waals surface area contributed by atoms with Crippen molar-refractivity contribution in [3.05, 3.63) is 82.6 Å². The minimum Gasteiger partial charge on any atom is -0.289 e. The largest absolute Gasteiger partial charge is 0.289 e. The molecule has 0 unspecified atom stereocenters. The smallest absolute Gasteiger partial charge is 0.185 e. The average molecular weight is 354 g/mol. The number of carbonyl (C=O) groups is 1. The summed E-state index contributed by atoms with van der Waals surface area (Å²) in [6, 6.07) is 16.8. The lowest BCUT2D eigenvalue weighted by atomic mass is 10.1. The number of hydrogen-bond donors (Lipinski definition) is 0. The summed E-state index contributed by atoms with van der Waals surface area (Å²) < 4.78 is 0.943. The van der Waals surface area contributed by atoms with E-state index in [4.69, 9.17) is 0 Å². The van der Waals surface area contributed by atoms with Gasteiger partial charge in [0.15, 0.2) is 5.78 Å².